The second-order valence-corrected chi connectivity index (χ2v) is 14.4. The van der Waals surface area contributed by atoms with Crippen LogP contribution >= 0.6 is 11.3 Å². The first-order valence-corrected chi connectivity index (χ1v) is 18.9. The molecule has 0 spiro atoms. The number of hydrogen-bond acceptors (Lipinski definition) is 4. The van der Waals surface area contributed by atoms with Crippen LogP contribution in [0, 0.1) is 0 Å². The largest absolute Gasteiger partial charge is 0.308 e. The number of para-hydroxylation sites is 1. The number of benzene rings is 8. The van der Waals surface area contributed by atoms with Crippen molar-refractivity contribution in [3.63, 3.8) is 0 Å². The van der Waals surface area contributed by atoms with Crippen molar-refractivity contribution in [2.24, 2.45) is 0 Å². The van der Waals surface area contributed by atoms with E-state index in [2.05, 4.69) is 24.3 Å². The molecule has 0 fully saturated rings. The Morgan fingerprint density at radius 1 is 0.429 bits per heavy atom. The van der Waals surface area contributed by atoms with E-state index >= 15 is 0 Å². The molecule has 0 saturated heterocycles. The fourth-order valence-electron chi connectivity index (χ4n) is 7.55. The van der Waals surface area contributed by atoms with Gasteiger partial charge in [-0.05, 0) is 52.5 Å². The number of hydrogen-bond donors (Lipinski definition) is 0. The van der Waals surface area contributed by atoms with Crippen LogP contribution in [0.2, 0.25) is 0 Å². The summed E-state index contributed by atoms with van der Waals surface area (Å²) >= 11 is 1.71. The molecule has 11 aromatic rings. The summed E-state index contributed by atoms with van der Waals surface area (Å²) in [5.41, 5.74) is 4.91. The summed E-state index contributed by atoms with van der Waals surface area (Å²) < 4.78 is 76.4. The van der Waals surface area contributed by atoms with Crippen molar-refractivity contribution in [2.75, 3.05) is 0 Å². The molecule has 4 nitrogen and oxygen atoms in total. The van der Waals surface area contributed by atoms with E-state index in [-0.39, 0.29) is 81.3 Å². The smallest absolute Gasteiger partial charge is 0.166 e. The minimum atomic E-state index is -0.233. The van der Waals surface area contributed by atoms with E-state index in [0.717, 1.165) is 42.4 Å². The van der Waals surface area contributed by atoms with Gasteiger partial charge in [0.25, 0.3) is 0 Å². The average Bonchev–Trinajstić information content (AvgIpc) is 3.87. The third-order valence-electron chi connectivity index (χ3n) is 10.1. The lowest BCUT2D eigenvalue weighted by Crippen LogP contribution is -2.04. The van der Waals surface area contributed by atoms with Gasteiger partial charge in [-0.25, -0.2) is 15.0 Å². The van der Waals surface area contributed by atoms with Crippen LogP contribution in [0.25, 0.3) is 104 Å². The van der Waals surface area contributed by atoms with Crippen LogP contribution < -0.4 is 0 Å². The van der Waals surface area contributed by atoms with E-state index in [9.17, 15) is 5.48 Å². The van der Waals surface area contributed by atoms with E-state index < -0.39 is 0 Å². The normalized spacial score (nSPS) is 13.6. The Morgan fingerprint density at radius 2 is 1.11 bits per heavy atom. The zero-order chi connectivity index (χ0) is 44.0. The molecule has 0 atom stereocenters. The molecule has 11 rings (SSSR count). The molecule has 0 aliphatic heterocycles. The van der Waals surface area contributed by atoms with Crippen molar-refractivity contribution in [1.29, 1.82) is 0 Å². The quantitative estimate of drug-likeness (QED) is 0.170. The highest BCUT2D eigenvalue weighted by Gasteiger charge is 2.22. The number of thiophene rings is 1. The monoisotopic (exact) mass is 740 g/mol. The fourth-order valence-corrected chi connectivity index (χ4v) is 8.79. The molecule has 0 unspecified atom stereocenters. The maximum absolute atomic E-state index is 9.54. The standard InChI is InChI=1S/C51H32N4S/c1-4-16-33(17-5-1)37-24-15-28-45-47(37)41-23-10-12-27-43(41)55(45)44-31-30-36(38-25-14-26-40-39-22-11-13-29-46(39)56-48(38)40)32-42(44)51-53-49(34-18-6-2-7-19-34)52-50(54-51)35-20-8-3-9-21-35/h1-32H/i1D,10D,16D,17D,23D,24D,27D,28D. The van der Waals surface area contributed by atoms with Gasteiger partial charge in [0.2, 0.25) is 0 Å². The van der Waals surface area contributed by atoms with Crippen molar-refractivity contribution >= 4 is 53.3 Å². The van der Waals surface area contributed by atoms with E-state index in [1.807, 2.05) is 97.1 Å². The summed E-state index contributed by atoms with van der Waals surface area (Å²) in [4.78, 5) is 15.3. The molecule has 0 radical (unpaired) electrons. The third kappa shape index (κ3) is 5.32. The first kappa shape index (κ1) is 25.0. The summed E-state index contributed by atoms with van der Waals surface area (Å²) in [6, 6.07) is 43.7. The fraction of sp³-hybridized carbons (Fsp3) is 0. The molecule has 0 N–H and O–H groups in total. The Kier molecular flexibility index (Phi) is 5.92. The number of rotatable bonds is 6. The van der Waals surface area contributed by atoms with Crippen molar-refractivity contribution in [3.8, 4) is 62.1 Å². The summed E-state index contributed by atoms with van der Waals surface area (Å²) in [5.74, 6) is 1.15. The van der Waals surface area contributed by atoms with Crippen LogP contribution in [0.15, 0.2) is 194 Å². The van der Waals surface area contributed by atoms with Gasteiger partial charge in [0.05, 0.1) is 27.7 Å². The number of aromatic nitrogens is 4. The molecule has 3 heterocycles. The molecule has 8 aromatic carbocycles. The van der Waals surface area contributed by atoms with Crippen molar-refractivity contribution in [1.82, 2.24) is 19.5 Å². The summed E-state index contributed by atoms with van der Waals surface area (Å²) in [7, 11) is 0. The minimum Gasteiger partial charge on any atom is -0.308 e. The number of fused-ring (bicyclic) bond motifs is 6. The molecule has 56 heavy (non-hydrogen) atoms. The highest BCUT2D eigenvalue weighted by atomic mass is 32.1. The Labute approximate surface area is 338 Å². The van der Waals surface area contributed by atoms with Gasteiger partial charge in [0.1, 0.15) is 0 Å². The average molecular weight is 741 g/mol. The van der Waals surface area contributed by atoms with Gasteiger partial charge in [0.15, 0.2) is 17.5 Å². The Balaban J connectivity index is 1.30. The first-order valence-electron chi connectivity index (χ1n) is 22.1. The van der Waals surface area contributed by atoms with Crippen LogP contribution in [0.4, 0.5) is 0 Å². The molecule has 0 aliphatic carbocycles. The van der Waals surface area contributed by atoms with Crippen molar-refractivity contribution in [2.45, 2.75) is 0 Å². The Morgan fingerprint density at radius 3 is 1.89 bits per heavy atom. The van der Waals surface area contributed by atoms with E-state index in [1.165, 1.54) is 24.3 Å². The molecule has 0 saturated carbocycles. The summed E-state index contributed by atoms with van der Waals surface area (Å²) in [5, 5.41) is 2.60. The van der Waals surface area contributed by atoms with Crippen LogP contribution in [0.3, 0.4) is 0 Å². The second-order valence-electron chi connectivity index (χ2n) is 13.3. The van der Waals surface area contributed by atoms with Crippen LogP contribution in [0.1, 0.15) is 11.0 Å². The maximum atomic E-state index is 9.54. The molecule has 3 aromatic heterocycles. The van der Waals surface area contributed by atoms with Gasteiger partial charge < -0.3 is 4.57 Å². The zero-order valence-corrected chi connectivity index (χ0v) is 30.4. The van der Waals surface area contributed by atoms with Crippen LogP contribution in [0.5, 0.6) is 0 Å². The Hall–Kier alpha value is -7.21. The predicted octanol–water partition coefficient (Wildman–Crippen LogP) is 13.7. The molecule has 0 bridgehead atoms. The Bertz CT molecular complexity index is 3640. The third-order valence-corrected chi connectivity index (χ3v) is 11.3. The SMILES string of the molecule is [2H]c1cc([2H])c(-c2c([2H])cc([2H])c3c2c2c([2H])c([2H])cc([2H])c2n3-c2ccc(-c3cccc4c3sc3ccccc34)cc2-c2nc(-c3ccccc3)nc(-c3ccccc3)n2)c([2H])c1. The lowest BCUT2D eigenvalue weighted by molar-refractivity contribution is 1.06. The summed E-state index contributed by atoms with van der Waals surface area (Å²) in [6.07, 6.45) is 0. The van der Waals surface area contributed by atoms with Gasteiger partial charge in [-0.3, -0.25) is 0 Å². The molecule has 262 valence electrons. The van der Waals surface area contributed by atoms with Crippen molar-refractivity contribution < 1.29 is 11.0 Å². The van der Waals surface area contributed by atoms with Gasteiger partial charge in [-0.2, -0.15) is 0 Å². The minimum absolute atomic E-state index is 0.0395. The highest BCUT2D eigenvalue weighted by Crippen LogP contribution is 2.44. The van der Waals surface area contributed by atoms with Gasteiger partial charge >= 0.3 is 0 Å². The van der Waals surface area contributed by atoms with E-state index in [0.29, 0.717) is 28.7 Å². The van der Waals surface area contributed by atoms with Gasteiger partial charge in [-0.1, -0.05) is 164 Å². The van der Waals surface area contributed by atoms with E-state index in [4.69, 9.17) is 20.4 Å². The molecular formula is C51H32N4S. The lowest BCUT2D eigenvalue weighted by Gasteiger charge is -2.17. The summed E-state index contributed by atoms with van der Waals surface area (Å²) in [6.45, 7) is 0. The molecular weight excluding hydrogens is 701 g/mol. The lowest BCUT2D eigenvalue weighted by atomic mass is 9.99. The van der Waals surface area contributed by atoms with E-state index in [1.54, 1.807) is 15.9 Å². The van der Waals surface area contributed by atoms with Gasteiger partial charge in [0, 0.05) is 47.6 Å². The molecule has 0 aliphatic rings. The van der Waals surface area contributed by atoms with Crippen LogP contribution in [-0.2, 0) is 0 Å². The predicted molar refractivity (Wildman–Crippen MR) is 234 cm³/mol. The van der Waals surface area contributed by atoms with Crippen LogP contribution in [-0.4, -0.2) is 19.5 Å². The first-order chi connectivity index (χ1) is 31.0. The zero-order valence-electron chi connectivity index (χ0n) is 37.6. The maximum Gasteiger partial charge on any atom is 0.166 e. The second kappa shape index (κ2) is 13.3. The highest BCUT2D eigenvalue weighted by molar-refractivity contribution is 7.26. The topological polar surface area (TPSA) is 43.6 Å². The number of nitrogens with zero attached hydrogens (tertiary/aromatic N) is 4. The molecule has 5 heteroatoms. The van der Waals surface area contributed by atoms with Crippen molar-refractivity contribution in [3.05, 3.63) is 194 Å². The molecule has 0 amide bonds. The van der Waals surface area contributed by atoms with Gasteiger partial charge in [-0.15, -0.1) is 11.3 Å².